The van der Waals surface area contributed by atoms with E-state index < -0.39 is 12.0 Å². The highest BCUT2D eigenvalue weighted by Crippen LogP contribution is 2.26. The third-order valence-corrected chi connectivity index (χ3v) is 3.04. The van der Waals surface area contributed by atoms with Gasteiger partial charge in [-0.15, -0.1) is 0 Å². The number of hydrogen-bond donors (Lipinski definition) is 2. The first-order valence-corrected chi connectivity index (χ1v) is 5.86. The Balaban J connectivity index is 2.45. The van der Waals surface area contributed by atoms with Gasteiger partial charge in [-0.1, -0.05) is 60.7 Å². The molecule has 0 aliphatic heterocycles. The molecule has 4 N–H and O–H groups in total. The predicted octanol–water partition coefficient (Wildman–Crippen LogP) is 1.51. The molecule has 2 aromatic rings. The van der Waals surface area contributed by atoms with Crippen LogP contribution in [0.4, 0.5) is 0 Å². The Morgan fingerprint density at radius 1 is 0.889 bits per heavy atom. The number of carbonyl (C=O) groups is 1. The van der Waals surface area contributed by atoms with E-state index in [1.165, 1.54) is 0 Å². The Labute approximate surface area is 106 Å². The predicted molar refractivity (Wildman–Crippen MR) is 69.0 cm³/mol. The molecule has 0 fully saturated rings. The molecule has 0 saturated carbocycles. The summed E-state index contributed by atoms with van der Waals surface area (Å²) >= 11 is 0. The highest BCUT2D eigenvalue weighted by molar-refractivity contribution is 5.74. The Bertz CT molecular complexity index is 471. The van der Waals surface area contributed by atoms with Crippen LogP contribution in [0.25, 0.3) is 0 Å². The summed E-state index contributed by atoms with van der Waals surface area (Å²) in [6, 6.07) is 18.6. The van der Waals surface area contributed by atoms with Gasteiger partial charge >= 0.3 is 5.97 Å². The second kappa shape index (κ2) is 5.47. The highest BCUT2D eigenvalue weighted by atomic mass is 16.4. The van der Waals surface area contributed by atoms with E-state index in [0.29, 0.717) is 0 Å². The fourth-order valence-corrected chi connectivity index (χ4v) is 2.12. The van der Waals surface area contributed by atoms with E-state index in [1.54, 1.807) is 0 Å². The molecule has 3 heteroatoms. The Kier molecular flexibility index (Phi) is 3.75. The van der Waals surface area contributed by atoms with Crippen molar-refractivity contribution in [3.63, 3.8) is 0 Å². The van der Waals surface area contributed by atoms with Gasteiger partial charge in [-0.3, -0.25) is 0 Å². The fourth-order valence-electron chi connectivity index (χ4n) is 2.12. The summed E-state index contributed by atoms with van der Waals surface area (Å²) in [4.78, 5) is 11.2. The molecule has 1 atom stereocenters. The molecule has 92 valence electrons. The SMILES string of the molecule is [NH3+]C(C(=O)O)C(c1ccccc1)c1ccccc1. The van der Waals surface area contributed by atoms with E-state index in [1.807, 2.05) is 60.7 Å². The van der Waals surface area contributed by atoms with Gasteiger partial charge in [0, 0.05) is 0 Å². The summed E-state index contributed by atoms with van der Waals surface area (Å²) < 4.78 is 0. The average molecular weight is 242 g/mol. The number of carboxylic acid groups (broad SMARTS) is 1. The number of benzene rings is 2. The van der Waals surface area contributed by atoms with E-state index in [0.717, 1.165) is 11.1 Å². The maximum Gasteiger partial charge on any atom is 0.363 e. The van der Waals surface area contributed by atoms with E-state index in [4.69, 9.17) is 0 Å². The number of hydrogen-bond acceptors (Lipinski definition) is 1. The number of quaternary nitrogens is 1. The molecule has 0 bridgehead atoms. The zero-order valence-electron chi connectivity index (χ0n) is 9.99. The molecule has 0 spiro atoms. The lowest BCUT2D eigenvalue weighted by atomic mass is 9.85. The quantitative estimate of drug-likeness (QED) is 0.853. The lowest BCUT2D eigenvalue weighted by Crippen LogP contribution is -2.67. The molecule has 0 amide bonds. The minimum Gasteiger partial charge on any atom is -0.477 e. The van der Waals surface area contributed by atoms with Crippen LogP contribution in [-0.2, 0) is 4.79 Å². The number of carboxylic acids is 1. The van der Waals surface area contributed by atoms with E-state index in [-0.39, 0.29) is 5.92 Å². The standard InChI is InChI=1S/C15H15NO2/c16-14(15(17)18)13(11-7-3-1-4-8-11)12-9-5-2-6-10-12/h1-10,13-14H,16H2,(H,17,18)/p+1. The van der Waals surface area contributed by atoms with Gasteiger partial charge in [0.1, 0.15) is 0 Å². The molecule has 2 aromatic carbocycles. The van der Waals surface area contributed by atoms with Crippen LogP contribution in [0, 0.1) is 0 Å². The maximum absolute atomic E-state index is 11.2. The van der Waals surface area contributed by atoms with Crippen LogP contribution in [0.2, 0.25) is 0 Å². The summed E-state index contributed by atoms with van der Waals surface area (Å²) in [5.41, 5.74) is 5.75. The molecule has 2 rings (SSSR count). The molecule has 3 nitrogen and oxygen atoms in total. The molecule has 0 radical (unpaired) electrons. The van der Waals surface area contributed by atoms with Gasteiger partial charge in [-0.05, 0) is 11.1 Å². The molecule has 0 aliphatic rings. The second-order valence-corrected chi connectivity index (χ2v) is 4.24. The Morgan fingerprint density at radius 3 is 1.61 bits per heavy atom. The van der Waals surface area contributed by atoms with Crippen molar-refractivity contribution >= 4 is 5.97 Å². The van der Waals surface area contributed by atoms with Crippen molar-refractivity contribution in [3.05, 3.63) is 71.8 Å². The number of aliphatic carboxylic acids is 1. The van der Waals surface area contributed by atoms with Crippen molar-refractivity contribution < 1.29 is 15.6 Å². The van der Waals surface area contributed by atoms with Crippen LogP contribution in [0.1, 0.15) is 17.0 Å². The molecule has 0 aliphatic carbocycles. The summed E-state index contributed by atoms with van der Waals surface area (Å²) in [6.45, 7) is 0. The topological polar surface area (TPSA) is 64.9 Å². The van der Waals surface area contributed by atoms with Crippen molar-refractivity contribution in [1.82, 2.24) is 0 Å². The zero-order chi connectivity index (χ0) is 13.0. The molecular formula is C15H16NO2+. The van der Waals surface area contributed by atoms with Crippen LogP contribution < -0.4 is 5.73 Å². The summed E-state index contributed by atoms with van der Waals surface area (Å²) in [5, 5.41) is 9.21. The van der Waals surface area contributed by atoms with Crippen molar-refractivity contribution in [2.75, 3.05) is 0 Å². The lowest BCUT2D eigenvalue weighted by molar-refractivity contribution is -0.411. The second-order valence-electron chi connectivity index (χ2n) is 4.24. The van der Waals surface area contributed by atoms with Gasteiger partial charge < -0.3 is 10.8 Å². The van der Waals surface area contributed by atoms with Gasteiger partial charge in [-0.2, -0.15) is 0 Å². The third kappa shape index (κ3) is 2.57. The van der Waals surface area contributed by atoms with Crippen LogP contribution in [0.5, 0.6) is 0 Å². The van der Waals surface area contributed by atoms with Gasteiger partial charge in [-0.25, -0.2) is 4.79 Å². The monoisotopic (exact) mass is 242 g/mol. The highest BCUT2D eigenvalue weighted by Gasteiger charge is 2.30. The molecule has 1 unspecified atom stereocenters. The zero-order valence-corrected chi connectivity index (χ0v) is 9.99. The normalized spacial score (nSPS) is 12.3. The molecular weight excluding hydrogens is 226 g/mol. The summed E-state index contributed by atoms with van der Waals surface area (Å²) in [5.74, 6) is -1.10. The van der Waals surface area contributed by atoms with Crippen LogP contribution in [0.3, 0.4) is 0 Å². The first-order valence-electron chi connectivity index (χ1n) is 5.86. The van der Waals surface area contributed by atoms with E-state index in [9.17, 15) is 9.90 Å². The average Bonchev–Trinajstić information content (AvgIpc) is 2.41. The molecule has 0 heterocycles. The smallest absolute Gasteiger partial charge is 0.363 e. The summed E-state index contributed by atoms with van der Waals surface area (Å²) in [7, 11) is 0. The first kappa shape index (κ1) is 12.3. The Hall–Kier alpha value is -2.13. The van der Waals surface area contributed by atoms with Crippen molar-refractivity contribution in [1.29, 1.82) is 0 Å². The van der Waals surface area contributed by atoms with Crippen LogP contribution >= 0.6 is 0 Å². The minimum absolute atomic E-state index is 0.218. The largest absolute Gasteiger partial charge is 0.477 e. The van der Waals surface area contributed by atoms with Gasteiger partial charge in [0.05, 0.1) is 5.92 Å². The molecule has 18 heavy (non-hydrogen) atoms. The molecule has 0 aromatic heterocycles. The summed E-state index contributed by atoms with van der Waals surface area (Å²) in [6.07, 6.45) is 0. The maximum atomic E-state index is 11.2. The van der Waals surface area contributed by atoms with Crippen LogP contribution in [0.15, 0.2) is 60.7 Å². The van der Waals surface area contributed by atoms with Crippen molar-refractivity contribution in [3.8, 4) is 0 Å². The van der Waals surface area contributed by atoms with Gasteiger partial charge in [0.25, 0.3) is 0 Å². The number of rotatable bonds is 4. The first-order chi connectivity index (χ1) is 8.70. The lowest BCUT2D eigenvalue weighted by Gasteiger charge is -2.19. The molecule has 0 saturated heterocycles. The third-order valence-electron chi connectivity index (χ3n) is 3.04. The van der Waals surface area contributed by atoms with Gasteiger partial charge in [0.15, 0.2) is 6.04 Å². The van der Waals surface area contributed by atoms with E-state index in [2.05, 4.69) is 5.73 Å². The van der Waals surface area contributed by atoms with Crippen molar-refractivity contribution in [2.45, 2.75) is 12.0 Å². The van der Waals surface area contributed by atoms with Crippen LogP contribution in [-0.4, -0.2) is 17.1 Å². The fraction of sp³-hybridized carbons (Fsp3) is 0.133. The Morgan fingerprint density at radius 2 is 1.28 bits per heavy atom. The van der Waals surface area contributed by atoms with Gasteiger partial charge in [0.2, 0.25) is 0 Å². The van der Waals surface area contributed by atoms with E-state index >= 15 is 0 Å². The minimum atomic E-state index is -0.882. The van der Waals surface area contributed by atoms with Crippen molar-refractivity contribution in [2.24, 2.45) is 0 Å².